The molecule has 4 aromatic carbocycles. The van der Waals surface area contributed by atoms with Crippen molar-refractivity contribution in [1.82, 2.24) is 5.32 Å². The average Bonchev–Trinajstić information content (AvgIpc) is 2.99. The monoisotopic (exact) mass is 560 g/mol. The molecule has 0 aliphatic heterocycles. The highest BCUT2D eigenvalue weighted by Crippen LogP contribution is 2.32. The van der Waals surface area contributed by atoms with Gasteiger partial charge < -0.3 is 19.5 Å². The molecule has 4 aromatic rings. The topological polar surface area (TPSA) is 94.2 Å². The molecule has 1 N–H and O–H groups in total. The summed E-state index contributed by atoms with van der Waals surface area (Å²) in [5, 5.41) is 2.99. The lowest BCUT2D eigenvalue weighted by Crippen LogP contribution is -2.34. The maximum absolute atomic E-state index is 14.0. The molecule has 1 atom stereocenters. The second-order valence-electron chi connectivity index (χ2n) is 8.99. The molecule has 0 aliphatic carbocycles. The van der Waals surface area contributed by atoms with Gasteiger partial charge in [0.2, 0.25) is 0 Å². The first-order chi connectivity index (χ1) is 19.3. The average molecular weight is 561 g/mol. The summed E-state index contributed by atoms with van der Waals surface area (Å²) in [6.07, 6.45) is 0. The normalized spacial score (nSPS) is 11.8. The second-order valence-corrected chi connectivity index (χ2v) is 10.9. The van der Waals surface area contributed by atoms with Crippen LogP contribution in [0.25, 0.3) is 0 Å². The molecule has 4 rings (SSSR count). The van der Waals surface area contributed by atoms with E-state index in [9.17, 15) is 13.2 Å². The van der Waals surface area contributed by atoms with Crippen molar-refractivity contribution in [3.8, 4) is 17.2 Å². The minimum Gasteiger partial charge on any atom is -0.497 e. The number of carbonyl (C=O) groups excluding carboxylic acids is 1. The number of anilines is 1. The van der Waals surface area contributed by atoms with Gasteiger partial charge in [0.1, 0.15) is 17.2 Å². The fraction of sp³-hybridized carbons (Fsp3) is 0.194. The van der Waals surface area contributed by atoms with Crippen molar-refractivity contribution >= 4 is 21.6 Å². The molecule has 9 heteroatoms. The summed E-state index contributed by atoms with van der Waals surface area (Å²) in [5.41, 5.74) is 1.96. The van der Waals surface area contributed by atoms with Crippen LogP contribution in [0.4, 0.5) is 5.69 Å². The number of ether oxygens (including phenoxy) is 3. The number of nitrogens with zero attached hydrogens (tertiary/aromatic N) is 1. The molecule has 0 aliphatic rings. The SMILES string of the molecule is COc1ccc(S(=O)(=O)N(Cc2ccccc2)c2ccccc2C(=O)N[C@H](C)c2cc(OC)ccc2OC)cc1. The van der Waals surface area contributed by atoms with Gasteiger partial charge in [0.25, 0.3) is 15.9 Å². The van der Waals surface area contributed by atoms with E-state index in [1.54, 1.807) is 68.8 Å². The Balaban J connectivity index is 1.74. The van der Waals surface area contributed by atoms with Crippen molar-refractivity contribution in [2.45, 2.75) is 24.4 Å². The van der Waals surface area contributed by atoms with Gasteiger partial charge >= 0.3 is 0 Å². The van der Waals surface area contributed by atoms with E-state index in [0.29, 0.717) is 17.2 Å². The molecule has 1 amide bonds. The van der Waals surface area contributed by atoms with Crippen LogP contribution in [0.1, 0.15) is 34.5 Å². The molecule has 0 spiro atoms. The third-order valence-electron chi connectivity index (χ3n) is 6.48. The van der Waals surface area contributed by atoms with Crippen LogP contribution in [0.15, 0.2) is 102 Å². The fourth-order valence-electron chi connectivity index (χ4n) is 4.34. The van der Waals surface area contributed by atoms with Crippen LogP contribution >= 0.6 is 0 Å². The van der Waals surface area contributed by atoms with E-state index in [4.69, 9.17) is 14.2 Å². The first-order valence-corrected chi connectivity index (χ1v) is 14.0. The number of sulfonamides is 1. The van der Waals surface area contributed by atoms with E-state index in [1.165, 1.54) is 23.5 Å². The van der Waals surface area contributed by atoms with Gasteiger partial charge in [0.15, 0.2) is 0 Å². The van der Waals surface area contributed by atoms with Crippen molar-refractivity contribution in [2.24, 2.45) is 0 Å². The summed E-state index contributed by atoms with van der Waals surface area (Å²) < 4.78 is 45.4. The standard InChI is InChI=1S/C31H32N2O6S/c1-22(28-20-25(38-3)16-19-30(28)39-4)32-31(34)27-12-8-9-13-29(27)33(21-23-10-6-5-7-11-23)40(35,36)26-17-14-24(37-2)15-18-26/h5-20,22H,21H2,1-4H3,(H,32,34)/t22-/m1/s1. The second kappa shape index (κ2) is 12.6. The third-order valence-corrected chi connectivity index (χ3v) is 8.26. The molecule has 0 radical (unpaired) electrons. The van der Waals surface area contributed by atoms with Crippen LogP contribution in [0.2, 0.25) is 0 Å². The minimum atomic E-state index is -4.07. The van der Waals surface area contributed by atoms with Crippen LogP contribution in [0.3, 0.4) is 0 Å². The van der Waals surface area contributed by atoms with Gasteiger partial charge in [0, 0.05) is 5.56 Å². The van der Waals surface area contributed by atoms with Crippen molar-refractivity contribution in [3.05, 3.63) is 114 Å². The largest absolute Gasteiger partial charge is 0.497 e. The Labute approximate surface area is 235 Å². The van der Waals surface area contributed by atoms with Crippen molar-refractivity contribution < 1.29 is 27.4 Å². The number of benzene rings is 4. The van der Waals surface area contributed by atoms with Gasteiger partial charge in [-0.3, -0.25) is 9.10 Å². The number of amides is 1. The summed E-state index contributed by atoms with van der Waals surface area (Å²) in [7, 11) is 0.565. The third kappa shape index (κ3) is 6.21. The molecular formula is C31H32N2O6S. The smallest absolute Gasteiger partial charge is 0.264 e. The Hall–Kier alpha value is -4.50. The molecule has 40 heavy (non-hydrogen) atoms. The highest BCUT2D eigenvalue weighted by atomic mass is 32.2. The Kier molecular flexibility index (Phi) is 8.96. The first-order valence-electron chi connectivity index (χ1n) is 12.6. The summed E-state index contributed by atoms with van der Waals surface area (Å²) in [5.74, 6) is 1.32. The number of rotatable bonds is 11. The van der Waals surface area contributed by atoms with Crippen molar-refractivity contribution in [2.75, 3.05) is 25.6 Å². The summed E-state index contributed by atoms with van der Waals surface area (Å²) >= 11 is 0. The summed E-state index contributed by atoms with van der Waals surface area (Å²) in [6.45, 7) is 1.85. The van der Waals surface area contributed by atoms with Gasteiger partial charge in [-0.2, -0.15) is 0 Å². The number of methoxy groups -OCH3 is 3. The van der Waals surface area contributed by atoms with Crippen LogP contribution < -0.4 is 23.8 Å². The number of carbonyl (C=O) groups is 1. The molecule has 0 unspecified atom stereocenters. The highest BCUT2D eigenvalue weighted by molar-refractivity contribution is 7.92. The van der Waals surface area contributed by atoms with Crippen LogP contribution in [0, 0.1) is 0 Å². The Morgan fingerprint density at radius 2 is 1.43 bits per heavy atom. The summed E-state index contributed by atoms with van der Waals surface area (Å²) in [4.78, 5) is 13.8. The lowest BCUT2D eigenvalue weighted by molar-refractivity contribution is 0.0940. The number of nitrogens with one attached hydrogen (secondary N) is 1. The van der Waals surface area contributed by atoms with Gasteiger partial charge in [0.05, 0.1) is 50.1 Å². The molecule has 0 aromatic heterocycles. The summed E-state index contributed by atoms with van der Waals surface area (Å²) in [6, 6.07) is 26.9. The molecule has 208 valence electrons. The lowest BCUT2D eigenvalue weighted by atomic mass is 10.1. The fourth-order valence-corrected chi connectivity index (χ4v) is 5.81. The van der Waals surface area contributed by atoms with Crippen molar-refractivity contribution in [1.29, 1.82) is 0 Å². The number of hydrogen-bond acceptors (Lipinski definition) is 6. The van der Waals surface area contributed by atoms with E-state index in [0.717, 1.165) is 11.1 Å². The van der Waals surface area contributed by atoms with E-state index in [1.807, 2.05) is 37.3 Å². The highest BCUT2D eigenvalue weighted by Gasteiger charge is 2.29. The molecule has 0 bridgehead atoms. The van der Waals surface area contributed by atoms with E-state index in [-0.39, 0.29) is 22.7 Å². The van der Waals surface area contributed by atoms with Gasteiger partial charge in [-0.15, -0.1) is 0 Å². The van der Waals surface area contributed by atoms with Gasteiger partial charge in [-0.25, -0.2) is 8.42 Å². The van der Waals surface area contributed by atoms with E-state index >= 15 is 0 Å². The van der Waals surface area contributed by atoms with Crippen LogP contribution in [-0.4, -0.2) is 35.7 Å². The Morgan fingerprint density at radius 3 is 2.08 bits per heavy atom. The lowest BCUT2D eigenvalue weighted by Gasteiger charge is -2.27. The van der Waals surface area contributed by atoms with E-state index < -0.39 is 22.0 Å². The number of para-hydroxylation sites is 1. The molecule has 0 saturated heterocycles. The van der Waals surface area contributed by atoms with Crippen molar-refractivity contribution in [3.63, 3.8) is 0 Å². The molecule has 8 nitrogen and oxygen atoms in total. The quantitative estimate of drug-likeness (QED) is 0.257. The number of hydrogen-bond donors (Lipinski definition) is 1. The Bertz CT molecular complexity index is 1560. The van der Waals surface area contributed by atoms with Crippen LogP contribution in [0.5, 0.6) is 17.2 Å². The minimum absolute atomic E-state index is 0.0265. The van der Waals surface area contributed by atoms with Gasteiger partial charge in [-0.05, 0) is 67.1 Å². The molecule has 0 saturated carbocycles. The maximum atomic E-state index is 14.0. The predicted octanol–water partition coefficient (Wildman–Crippen LogP) is 5.60. The van der Waals surface area contributed by atoms with Crippen LogP contribution in [-0.2, 0) is 16.6 Å². The predicted molar refractivity (Wildman–Crippen MR) is 155 cm³/mol. The first kappa shape index (κ1) is 28.5. The van der Waals surface area contributed by atoms with Gasteiger partial charge in [-0.1, -0.05) is 42.5 Å². The molecular weight excluding hydrogens is 528 g/mol. The zero-order chi connectivity index (χ0) is 28.7. The zero-order valence-electron chi connectivity index (χ0n) is 22.8. The maximum Gasteiger partial charge on any atom is 0.264 e. The Morgan fingerprint density at radius 1 is 0.800 bits per heavy atom. The zero-order valence-corrected chi connectivity index (χ0v) is 23.6. The molecule has 0 fully saturated rings. The molecule has 0 heterocycles. The van der Waals surface area contributed by atoms with E-state index in [2.05, 4.69) is 5.32 Å².